The third-order valence-corrected chi connectivity index (χ3v) is 3.39. The number of carboxylic acids is 1. The standard InChI is InChI=1S/C13H18BrNO2/c1-9-4-5-11(12(14)6-9)8-15(3)7-10(2)13(16)17/h4-6,10H,7-8H2,1-3H3,(H,16,17). The molecular weight excluding hydrogens is 282 g/mol. The topological polar surface area (TPSA) is 40.5 Å². The lowest BCUT2D eigenvalue weighted by Crippen LogP contribution is -2.28. The number of carboxylic acid groups (broad SMARTS) is 1. The van der Waals surface area contributed by atoms with Crippen LogP contribution in [0.5, 0.6) is 0 Å². The summed E-state index contributed by atoms with van der Waals surface area (Å²) in [5.41, 5.74) is 2.39. The highest BCUT2D eigenvalue weighted by Crippen LogP contribution is 2.19. The Morgan fingerprint density at radius 1 is 1.53 bits per heavy atom. The summed E-state index contributed by atoms with van der Waals surface area (Å²) in [5.74, 6) is -1.09. The van der Waals surface area contributed by atoms with Crippen LogP contribution in [0, 0.1) is 12.8 Å². The molecule has 0 saturated heterocycles. The summed E-state index contributed by atoms with van der Waals surface area (Å²) in [6.45, 7) is 5.07. The molecule has 0 fully saturated rings. The lowest BCUT2D eigenvalue weighted by atomic mass is 10.1. The van der Waals surface area contributed by atoms with Crippen molar-refractivity contribution in [3.05, 3.63) is 33.8 Å². The quantitative estimate of drug-likeness (QED) is 0.909. The van der Waals surface area contributed by atoms with Crippen LogP contribution < -0.4 is 0 Å². The van der Waals surface area contributed by atoms with Gasteiger partial charge in [0, 0.05) is 17.6 Å². The molecule has 1 unspecified atom stereocenters. The Labute approximate surface area is 111 Å². The maximum absolute atomic E-state index is 10.8. The van der Waals surface area contributed by atoms with Crippen LogP contribution in [0.15, 0.2) is 22.7 Å². The summed E-state index contributed by atoms with van der Waals surface area (Å²) >= 11 is 3.53. The van der Waals surface area contributed by atoms with Crippen molar-refractivity contribution in [2.45, 2.75) is 20.4 Å². The van der Waals surface area contributed by atoms with Gasteiger partial charge in [-0.05, 0) is 31.2 Å². The van der Waals surface area contributed by atoms with Crippen molar-refractivity contribution >= 4 is 21.9 Å². The van der Waals surface area contributed by atoms with E-state index in [2.05, 4.69) is 34.1 Å². The zero-order chi connectivity index (χ0) is 13.0. The van der Waals surface area contributed by atoms with Crippen LogP contribution in [-0.4, -0.2) is 29.6 Å². The highest BCUT2D eigenvalue weighted by molar-refractivity contribution is 9.10. The summed E-state index contributed by atoms with van der Waals surface area (Å²) in [7, 11) is 1.94. The molecule has 0 aliphatic heterocycles. The number of carbonyl (C=O) groups is 1. The minimum absolute atomic E-state index is 0.343. The van der Waals surface area contributed by atoms with Crippen molar-refractivity contribution in [2.75, 3.05) is 13.6 Å². The fourth-order valence-corrected chi connectivity index (χ4v) is 2.30. The predicted molar refractivity (Wildman–Crippen MR) is 72.0 cm³/mol. The van der Waals surface area contributed by atoms with E-state index in [1.54, 1.807) is 6.92 Å². The molecule has 1 aromatic rings. The highest BCUT2D eigenvalue weighted by Gasteiger charge is 2.14. The van der Waals surface area contributed by atoms with Gasteiger partial charge in [-0.15, -0.1) is 0 Å². The molecule has 3 nitrogen and oxygen atoms in total. The number of hydrogen-bond acceptors (Lipinski definition) is 2. The van der Waals surface area contributed by atoms with E-state index in [1.165, 1.54) is 11.1 Å². The van der Waals surface area contributed by atoms with Crippen LogP contribution >= 0.6 is 15.9 Å². The van der Waals surface area contributed by atoms with Gasteiger partial charge in [0.05, 0.1) is 5.92 Å². The normalized spacial score (nSPS) is 12.8. The summed E-state index contributed by atoms with van der Waals surface area (Å²) < 4.78 is 1.08. The Morgan fingerprint density at radius 3 is 2.71 bits per heavy atom. The van der Waals surface area contributed by atoms with Crippen LogP contribution in [0.2, 0.25) is 0 Å². The van der Waals surface area contributed by atoms with Crippen molar-refractivity contribution < 1.29 is 9.90 Å². The van der Waals surface area contributed by atoms with Gasteiger partial charge in [-0.25, -0.2) is 0 Å². The second-order valence-electron chi connectivity index (χ2n) is 4.53. The molecule has 1 atom stereocenters. The van der Waals surface area contributed by atoms with Gasteiger partial charge in [-0.2, -0.15) is 0 Å². The lowest BCUT2D eigenvalue weighted by molar-refractivity contribution is -0.141. The molecule has 0 spiro atoms. The Kier molecular flexibility index (Phi) is 5.15. The van der Waals surface area contributed by atoms with Crippen LogP contribution in [0.25, 0.3) is 0 Å². The number of benzene rings is 1. The average Bonchev–Trinajstić information content (AvgIpc) is 2.22. The Hall–Kier alpha value is -0.870. The van der Waals surface area contributed by atoms with Gasteiger partial charge in [0.1, 0.15) is 0 Å². The monoisotopic (exact) mass is 299 g/mol. The minimum atomic E-state index is -0.750. The number of aliphatic carboxylic acids is 1. The lowest BCUT2D eigenvalue weighted by Gasteiger charge is -2.19. The van der Waals surface area contributed by atoms with Crippen LogP contribution in [-0.2, 0) is 11.3 Å². The number of rotatable bonds is 5. The van der Waals surface area contributed by atoms with Gasteiger partial charge < -0.3 is 10.0 Å². The highest BCUT2D eigenvalue weighted by atomic mass is 79.9. The van der Waals surface area contributed by atoms with Gasteiger partial charge >= 0.3 is 5.97 Å². The zero-order valence-electron chi connectivity index (χ0n) is 10.4. The first-order valence-corrected chi connectivity index (χ1v) is 6.36. The molecule has 0 radical (unpaired) electrons. The maximum atomic E-state index is 10.8. The molecule has 0 amide bonds. The van der Waals surface area contributed by atoms with Gasteiger partial charge in [0.2, 0.25) is 0 Å². The van der Waals surface area contributed by atoms with Crippen LogP contribution in [0.3, 0.4) is 0 Å². The van der Waals surface area contributed by atoms with E-state index in [9.17, 15) is 4.79 Å². The average molecular weight is 300 g/mol. The second-order valence-corrected chi connectivity index (χ2v) is 5.39. The molecule has 1 rings (SSSR count). The third-order valence-electron chi connectivity index (χ3n) is 2.66. The first-order valence-electron chi connectivity index (χ1n) is 5.56. The number of aryl methyl sites for hydroxylation is 1. The van der Waals surface area contributed by atoms with Crippen LogP contribution in [0.4, 0.5) is 0 Å². The van der Waals surface area contributed by atoms with E-state index in [-0.39, 0.29) is 5.92 Å². The molecular formula is C13H18BrNO2. The van der Waals surface area contributed by atoms with Crippen molar-refractivity contribution in [3.8, 4) is 0 Å². The van der Waals surface area contributed by atoms with Crippen molar-refractivity contribution in [2.24, 2.45) is 5.92 Å². The van der Waals surface area contributed by atoms with E-state index in [0.717, 1.165) is 11.0 Å². The van der Waals surface area contributed by atoms with Gasteiger partial charge in [-0.1, -0.05) is 35.0 Å². The van der Waals surface area contributed by atoms with E-state index >= 15 is 0 Å². The fourth-order valence-electron chi connectivity index (χ4n) is 1.68. The molecule has 0 heterocycles. The Balaban J connectivity index is 2.62. The maximum Gasteiger partial charge on any atom is 0.307 e. The smallest absolute Gasteiger partial charge is 0.307 e. The van der Waals surface area contributed by atoms with Crippen LogP contribution in [0.1, 0.15) is 18.1 Å². The minimum Gasteiger partial charge on any atom is -0.481 e. The molecule has 0 aromatic heterocycles. The van der Waals surface area contributed by atoms with Crippen molar-refractivity contribution in [1.82, 2.24) is 4.90 Å². The van der Waals surface area contributed by atoms with Gasteiger partial charge in [0.25, 0.3) is 0 Å². The molecule has 0 bridgehead atoms. The number of nitrogens with zero attached hydrogens (tertiary/aromatic N) is 1. The van der Waals surface area contributed by atoms with Gasteiger partial charge in [0.15, 0.2) is 0 Å². The fraction of sp³-hybridized carbons (Fsp3) is 0.462. The van der Waals surface area contributed by atoms with E-state index in [0.29, 0.717) is 6.54 Å². The molecule has 0 saturated carbocycles. The molecule has 1 N–H and O–H groups in total. The summed E-state index contributed by atoms with van der Waals surface area (Å²) in [4.78, 5) is 12.8. The molecule has 4 heteroatoms. The first kappa shape index (κ1) is 14.2. The third kappa shape index (κ3) is 4.48. The number of hydrogen-bond donors (Lipinski definition) is 1. The predicted octanol–water partition coefficient (Wildman–Crippen LogP) is 2.91. The van der Waals surface area contributed by atoms with E-state index in [1.807, 2.05) is 18.9 Å². The van der Waals surface area contributed by atoms with E-state index < -0.39 is 5.97 Å². The van der Waals surface area contributed by atoms with Crippen molar-refractivity contribution in [1.29, 1.82) is 0 Å². The summed E-state index contributed by atoms with van der Waals surface area (Å²) in [6, 6.07) is 6.21. The van der Waals surface area contributed by atoms with Gasteiger partial charge in [-0.3, -0.25) is 4.79 Å². The summed E-state index contributed by atoms with van der Waals surface area (Å²) in [6.07, 6.45) is 0. The number of halogens is 1. The largest absolute Gasteiger partial charge is 0.481 e. The van der Waals surface area contributed by atoms with Crippen molar-refractivity contribution in [3.63, 3.8) is 0 Å². The zero-order valence-corrected chi connectivity index (χ0v) is 12.0. The Morgan fingerprint density at radius 2 is 2.18 bits per heavy atom. The first-order chi connectivity index (χ1) is 7.90. The molecule has 0 aliphatic carbocycles. The molecule has 0 aliphatic rings. The molecule has 94 valence electrons. The molecule has 1 aromatic carbocycles. The Bertz CT molecular complexity index is 406. The second kappa shape index (κ2) is 6.17. The molecule has 17 heavy (non-hydrogen) atoms. The summed E-state index contributed by atoms with van der Waals surface area (Å²) in [5, 5.41) is 8.85. The SMILES string of the molecule is Cc1ccc(CN(C)CC(C)C(=O)O)c(Br)c1. The van der Waals surface area contributed by atoms with E-state index in [4.69, 9.17) is 5.11 Å².